The van der Waals surface area contributed by atoms with Gasteiger partial charge in [-0.05, 0) is 41.5 Å². The maximum absolute atomic E-state index is 10.4. The first kappa shape index (κ1) is 15.4. The van der Waals surface area contributed by atoms with E-state index in [-0.39, 0.29) is 0 Å². The second-order valence-electron chi connectivity index (χ2n) is 4.28. The Labute approximate surface area is 132 Å². The van der Waals surface area contributed by atoms with Gasteiger partial charge in [0.25, 0.3) is 0 Å². The molecular formula is C16H12Cl2O3. The number of carbonyl (C=O) groups is 1. The first-order valence-electron chi connectivity index (χ1n) is 6.12. The molecule has 0 aromatic heterocycles. The second kappa shape index (κ2) is 7.16. The Balaban J connectivity index is 1.97. The number of aliphatic carboxylic acids is 1. The number of hydrogen-bond acceptors (Lipinski definition) is 2. The van der Waals surface area contributed by atoms with Gasteiger partial charge in [0.2, 0.25) is 0 Å². The van der Waals surface area contributed by atoms with E-state index in [1.165, 1.54) is 6.08 Å². The van der Waals surface area contributed by atoms with Crippen molar-refractivity contribution in [2.45, 2.75) is 6.61 Å². The van der Waals surface area contributed by atoms with E-state index in [2.05, 4.69) is 0 Å². The molecule has 3 nitrogen and oxygen atoms in total. The van der Waals surface area contributed by atoms with Crippen LogP contribution in [0.5, 0.6) is 5.75 Å². The molecule has 0 saturated carbocycles. The predicted molar refractivity (Wildman–Crippen MR) is 83.9 cm³/mol. The largest absolute Gasteiger partial charge is 0.489 e. The van der Waals surface area contributed by atoms with E-state index in [0.717, 1.165) is 17.2 Å². The number of halogens is 2. The molecule has 0 bridgehead atoms. The molecule has 1 N–H and O–H groups in total. The van der Waals surface area contributed by atoms with E-state index >= 15 is 0 Å². The zero-order chi connectivity index (χ0) is 15.2. The van der Waals surface area contributed by atoms with Crippen LogP contribution in [0, 0.1) is 0 Å². The van der Waals surface area contributed by atoms with Crippen LogP contribution in [0.2, 0.25) is 10.0 Å². The van der Waals surface area contributed by atoms with Crippen LogP contribution in [0.4, 0.5) is 0 Å². The van der Waals surface area contributed by atoms with Crippen molar-refractivity contribution in [2.24, 2.45) is 0 Å². The van der Waals surface area contributed by atoms with Crippen LogP contribution in [0.25, 0.3) is 6.08 Å². The SMILES string of the molecule is O=C(O)C=Cc1ccc(OCc2ccc(Cl)c(Cl)c2)cc1. The van der Waals surface area contributed by atoms with E-state index in [4.69, 9.17) is 33.0 Å². The summed E-state index contributed by atoms with van der Waals surface area (Å²) in [6.07, 6.45) is 2.61. The van der Waals surface area contributed by atoms with Crippen molar-refractivity contribution in [1.29, 1.82) is 0 Å². The molecule has 0 aliphatic rings. The minimum atomic E-state index is -0.977. The summed E-state index contributed by atoms with van der Waals surface area (Å²) >= 11 is 11.8. The van der Waals surface area contributed by atoms with Crippen molar-refractivity contribution in [3.8, 4) is 5.75 Å². The predicted octanol–water partition coefficient (Wildman–Crippen LogP) is 4.67. The molecule has 5 heteroatoms. The van der Waals surface area contributed by atoms with Crippen molar-refractivity contribution < 1.29 is 14.6 Å². The Hall–Kier alpha value is -1.97. The first-order valence-corrected chi connectivity index (χ1v) is 6.88. The Morgan fingerprint density at radius 1 is 1.10 bits per heavy atom. The van der Waals surface area contributed by atoms with E-state index in [9.17, 15) is 4.79 Å². The van der Waals surface area contributed by atoms with Crippen LogP contribution in [0.3, 0.4) is 0 Å². The maximum atomic E-state index is 10.4. The van der Waals surface area contributed by atoms with Gasteiger partial charge in [0.1, 0.15) is 12.4 Å². The van der Waals surface area contributed by atoms with Gasteiger partial charge in [0.15, 0.2) is 0 Å². The minimum absolute atomic E-state index is 0.376. The third-order valence-electron chi connectivity index (χ3n) is 2.69. The molecule has 0 heterocycles. The normalized spacial score (nSPS) is 10.8. The number of ether oxygens (including phenoxy) is 1. The standard InChI is InChI=1S/C16H12Cl2O3/c17-14-7-3-12(9-15(14)18)10-21-13-5-1-11(2-6-13)4-8-16(19)20/h1-9H,10H2,(H,19,20). The van der Waals surface area contributed by atoms with Crippen LogP contribution in [-0.2, 0) is 11.4 Å². The zero-order valence-electron chi connectivity index (χ0n) is 10.9. The molecule has 21 heavy (non-hydrogen) atoms. The molecule has 0 spiro atoms. The maximum Gasteiger partial charge on any atom is 0.328 e. The van der Waals surface area contributed by atoms with Crippen LogP contribution < -0.4 is 4.74 Å². The molecule has 0 radical (unpaired) electrons. The second-order valence-corrected chi connectivity index (χ2v) is 5.09. The number of carboxylic acid groups (broad SMARTS) is 1. The first-order chi connectivity index (χ1) is 10.0. The molecular weight excluding hydrogens is 311 g/mol. The fourth-order valence-corrected chi connectivity index (χ4v) is 1.96. The van der Waals surface area contributed by atoms with E-state index < -0.39 is 5.97 Å². The lowest BCUT2D eigenvalue weighted by Gasteiger charge is -2.07. The quantitative estimate of drug-likeness (QED) is 0.813. The molecule has 0 saturated heterocycles. The molecule has 0 fully saturated rings. The summed E-state index contributed by atoms with van der Waals surface area (Å²) in [4.78, 5) is 10.4. The topological polar surface area (TPSA) is 46.5 Å². The lowest BCUT2D eigenvalue weighted by atomic mass is 10.2. The highest BCUT2D eigenvalue weighted by atomic mass is 35.5. The highest BCUT2D eigenvalue weighted by molar-refractivity contribution is 6.42. The summed E-state index contributed by atoms with van der Waals surface area (Å²) in [6.45, 7) is 0.376. The monoisotopic (exact) mass is 322 g/mol. The summed E-state index contributed by atoms with van der Waals surface area (Å²) in [7, 11) is 0. The molecule has 0 unspecified atom stereocenters. The number of carboxylic acids is 1. The van der Waals surface area contributed by atoms with E-state index in [0.29, 0.717) is 22.4 Å². The molecule has 2 aromatic rings. The average molecular weight is 323 g/mol. The lowest BCUT2D eigenvalue weighted by Crippen LogP contribution is -1.95. The molecule has 108 valence electrons. The lowest BCUT2D eigenvalue weighted by molar-refractivity contribution is -0.131. The summed E-state index contributed by atoms with van der Waals surface area (Å²) in [6, 6.07) is 12.4. The Morgan fingerprint density at radius 3 is 2.43 bits per heavy atom. The number of hydrogen-bond donors (Lipinski definition) is 1. The zero-order valence-corrected chi connectivity index (χ0v) is 12.4. The van der Waals surface area contributed by atoms with Gasteiger partial charge in [-0.15, -0.1) is 0 Å². The Morgan fingerprint density at radius 2 is 1.81 bits per heavy atom. The van der Waals surface area contributed by atoms with Gasteiger partial charge < -0.3 is 9.84 Å². The summed E-state index contributed by atoms with van der Waals surface area (Å²) in [5.74, 6) is -0.288. The average Bonchev–Trinajstić information content (AvgIpc) is 2.47. The van der Waals surface area contributed by atoms with Crippen LogP contribution in [0.15, 0.2) is 48.5 Å². The summed E-state index contributed by atoms with van der Waals surface area (Å²) < 4.78 is 5.63. The molecule has 0 aliphatic carbocycles. The van der Waals surface area contributed by atoms with E-state index in [1.807, 2.05) is 6.07 Å². The smallest absolute Gasteiger partial charge is 0.328 e. The van der Waals surface area contributed by atoms with Crippen LogP contribution in [-0.4, -0.2) is 11.1 Å². The summed E-state index contributed by atoms with van der Waals surface area (Å²) in [5, 5.41) is 9.55. The molecule has 0 aliphatic heterocycles. The molecule has 2 aromatic carbocycles. The van der Waals surface area contributed by atoms with Gasteiger partial charge in [0, 0.05) is 6.08 Å². The highest BCUT2D eigenvalue weighted by Gasteiger charge is 2.01. The Kier molecular flexibility index (Phi) is 5.26. The fraction of sp³-hybridized carbons (Fsp3) is 0.0625. The van der Waals surface area contributed by atoms with Gasteiger partial charge >= 0.3 is 5.97 Å². The number of benzene rings is 2. The minimum Gasteiger partial charge on any atom is -0.489 e. The van der Waals surface area contributed by atoms with Gasteiger partial charge in [-0.2, -0.15) is 0 Å². The number of rotatable bonds is 5. The molecule has 0 amide bonds. The van der Waals surface area contributed by atoms with Crippen molar-refractivity contribution in [1.82, 2.24) is 0 Å². The van der Waals surface area contributed by atoms with Crippen molar-refractivity contribution in [3.63, 3.8) is 0 Å². The summed E-state index contributed by atoms with van der Waals surface area (Å²) in [5.41, 5.74) is 1.71. The Bertz CT molecular complexity index is 664. The fourth-order valence-electron chi connectivity index (χ4n) is 1.64. The third kappa shape index (κ3) is 4.81. The van der Waals surface area contributed by atoms with Gasteiger partial charge in [-0.3, -0.25) is 0 Å². The van der Waals surface area contributed by atoms with E-state index in [1.54, 1.807) is 36.4 Å². The molecule has 0 atom stereocenters. The van der Waals surface area contributed by atoms with Crippen LogP contribution >= 0.6 is 23.2 Å². The van der Waals surface area contributed by atoms with Crippen molar-refractivity contribution >= 4 is 35.2 Å². The van der Waals surface area contributed by atoms with Crippen LogP contribution in [0.1, 0.15) is 11.1 Å². The third-order valence-corrected chi connectivity index (χ3v) is 3.43. The van der Waals surface area contributed by atoms with Gasteiger partial charge in [0.05, 0.1) is 10.0 Å². The van der Waals surface area contributed by atoms with Gasteiger partial charge in [-0.25, -0.2) is 4.79 Å². The van der Waals surface area contributed by atoms with Gasteiger partial charge in [-0.1, -0.05) is 41.4 Å². The van der Waals surface area contributed by atoms with Crippen molar-refractivity contribution in [2.75, 3.05) is 0 Å². The highest BCUT2D eigenvalue weighted by Crippen LogP contribution is 2.23. The molecule has 2 rings (SSSR count). The van der Waals surface area contributed by atoms with Crippen molar-refractivity contribution in [3.05, 3.63) is 69.7 Å².